The van der Waals surface area contributed by atoms with E-state index in [2.05, 4.69) is 231 Å². The highest BCUT2D eigenvalue weighted by Gasteiger charge is 2.20. The normalized spacial score (nSPS) is 11.5. The fourth-order valence-corrected chi connectivity index (χ4v) is 8.90. The molecule has 0 bridgehead atoms. The molecule has 0 aliphatic carbocycles. The van der Waals surface area contributed by atoms with Crippen molar-refractivity contribution in [2.24, 2.45) is 0 Å². The van der Waals surface area contributed by atoms with Crippen LogP contribution in [0.3, 0.4) is 0 Å². The molecule has 8 aromatic carbocycles. The molecule has 2 nitrogen and oxygen atoms in total. The highest BCUT2D eigenvalue weighted by atomic mass is 15.0. The lowest BCUT2D eigenvalue weighted by molar-refractivity contribution is 1.07. The molecule has 0 amide bonds. The fourth-order valence-electron chi connectivity index (χ4n) is 8.90. The third-order valence-corrected chi connectivity index (χ3v) is 11.8. The van der Waals surface area contributed by atoms with Gasteiger partial charge in [0.25, 0.3) is 0 Å². The number of hydrogen-bond acceptors (Lipinski definition) is 0. The van der Waals surface area contributed by atoms with Gasteiger partial charge in [0.15, 0.2) is 0 Å². The van der Waals surface area contributed by atoms with Gasteiger partial charge in [-0.3, -0.25) is 0 Å². The molecule has 0 aliphatic rings. The van der Waals surface area contributed by atoms with Crippen LogP contribution in [0.15, 0.2) is 195 Å². The molecule has 0 spiro atoms. The van der Waals surface area contributed by atoms with Crippen LogP contribution >= 0.6 is 0 Å². The van der Waals surface area contributed by atoms with Crippen LogP contribution in [0.25, 0.3) is 95.2 Å². The third kappa shape index (κ3) is 7.21. The van der Waals surface area contributed by atoms with Crippen molar-refractivity contribution in [3.8, 4) is 44.8 Å². The van der Waals surface area contributed by atoms with E-state index in [0.717, 1.165) is 22.6 Å². The van der Waals surface area contributed by atoms with Crippen LogP contribution < -0.4 is 0 Å². The van der Waals surface area contributed by atoms with Crippen molar-refractivity contribution in [2.75, 3.05) is 0 Å². The monoisotopic (exact) mass is 786 g/mol. The van der Waals surface area contributed by atoms with Crippen LogP contribution in [0.2, 0.25) is 0 Å². The Labute approximate surface area is 360 Å². The molecule has 0 saturated carbocycles. The van der Waals surface area contributed by atoms with E-state index in [9.17, 15) is 0 Å². The van der Waals surface area contributed by atoms with E-state index in [1.165, 1.54) is 88.4 Å². The number of benzene rings is 8. The Kier molecular flexibility index (Phi) is 10.7. The van der Waals surface area contributed by atoms with Gasteiger partial charge in [0.2, 0.25) is 0 Å². The molecule has 10 aromatic rings. The van der Waals surface area contributed by atoms with Crippen LogP contribution in [0, 0.1) is 13.8 Å². The minimum atomic E-state index is 1.07. The molecule has 0 aliphatic heterocycles. The topological polar surface area (TPSA) is 9.86 Å². The zero-order chi connectivity index (χ0) is 42.0. The number of nitrogens with zero attached hydrogens (tertiary/aromatic N) is 2. The predicted octanol–water partition coefficient (Wildman–Crippen LogP) is 16.6. The number of hydrogen-bond donors (Lipinski definition) is 0. The Morgan fingerprint density at radius 2 is 0.951 bits per heavy atom. The van der Waals surface area contributed by atoms with E-state index in [0.29, 0.717) is 0 Å². The molecule has 0 atom stereocenters. The van der Waals surface area contributed by atoms with Gasteiger partial charge in [-0.25, -0.2) is 0 Å². The van der Waals surface area contributed by atoms with Crippen LogP contribution in [-0.2, 0) is 0 Å². The highest BCUT2D eigenvalue weighted by molar-refractivity contribution is 6.12. The predicted molar refractivity (Wildman–Crippen MR) is 265 cm³/mol. The van der Waals surface area contributed by atoms with Crippen molar-refractivity contribution in [1.29, 1.82) is 0 Å². The number of fused-ring (bicyclic) bond motifs is 4. The van der Waals surface area contributed by atoms with E-state index in [4.69, 9.17) is 0 Å². The fraction of sp³-hybridized carbons (Fsp3) is 0.0847. The summed E-state index contributed by atoms with van der Waals surface area (Å²) in [4.78, 5) is 0. The lowest BCUT2D eigenvalue weighted by Crippen LogP contribution is -2.02. The molecule has 2 heterocycles. The Morgan fingerprint density at radius 3 is 1.49 bits per heavy atom. The van der Waals surface area contributed by atoms with Crippen molar-refractivity contribution >= 4 is 50.4 Å². The summed E-state index contributed by atoms with van der Waals surface area (Å²) >= 11 is 0. The van der Waals surface area contributed by atoms with Gasteiger partial charge in [-0.05, 0) is 138 Å². The first-order valence-corrected chi connectivity index (χ1v) is 21.4. The minimum Gasteiger partial charge on any atom is -0.309 e. The SMILES string of the molecule is C=Cc1c(/C=C(\C)c2ccccc2)c2cc(-c3ccccc3)ccc2n1-c1ccc(-n2c3ccc(-c4ccccc4)cc3c3cc(-c4cccc(C)c4)ccc32)cc1C.CC. The minimum absolute atomic E-state index is 1.07. The number of allylic oxidation sites excluding steroid dienone is 1. The van der Waals surface area contributed by atoms with E-state index in [1.54, 1.807) is 0 Å². The molecule has 2 aromatic heterocycles. The van der Waals surface area contributed by atoms with Gasteiger partial charge < -0.3 is 9.13 Å². The second kappa shape index (κ2) is 16.7. The summed E-state index contributed by atoms with van der Waals surface area (Å²) in [5.41, 5.74) is 20.1. The van der Waals surface area contributed by atoms with E-state index >= 15 is 0 Å². The summed E-state index contributed by atoms with van der Waals surface area (Å²) in [6, 6.07) is 68.4. The molecule has 61 heavy (non-hydrogen) atoms. The lowest BCUT2D eigenvalue weighted by atomic mass is 9.99. The molecule has 0 saturated heterocycles. The van der Waals surface area contributed by atoms with E-state index in [-0.39, 0.29) is 0 Å². The molecule has 0 radical (unpaired) electrons. The van der Waals surface area contributed by atoms with Crippen LogP contribution in [0.5, 0.6) is 0 Å². The van der Waals surface area contributed by atoms with Crippen LogP contribution in [0.4, 0.5) is 0 Å². The molecule has 0 fully saturated rings. The number of aromatic nitrogens is 2. The van der Waals surface area contributed by atoms with Gasteiger partial charge in [0.05, 0.1) is 22.2 Å². The average Bonchev–Trinajstić information content (AvgIpc) is 3.81. The quantitative estimate of drug-likeness (QED) is 0.145. The lowest BCUT2D eigenvalue weighted by Gasteiger charge is -2.16. The van der Waals surface area contributed by atoms with Gasteiger partial charge in [-0.15, -0.1) is 0 Å². The average molecular weight is 787 g/mol. The molecule has 0 N–H and O–H groups in total. The maximum Gasteiger partial charge on any atom is 0.0541 e. The molecular weight excluding hydrogens is 737 g/mol. The first kappa shape index (κ1) is 39.1. The highest BCUT2D eigenvalue weighted by Crippen LogP contribution is 2.40. The van der Waals surface area contributed by atoms with Gasteiger partial charge in [0, 0.05) is 33.1 Å². The zero-order valence-electron chi connectivity index (χ0n) is 35.7. The summed E-state index contributed by atoms with van der Waals surface area (Å²) in [7, 11) is 0. The number of rotatable bonds is 8. The third-order valence-electron chi connectivity index (χ3n) is 11.8. The summed E-state index contributed by atoms with van der Waals surface area (Å²) in [6.07, 6.45) is 4.35. The Hall–Kier alpha value is -7.42. The van der Waals surface area contributed by atoms with Crippen molar-refractivity contribution in [3.05, 3.63) is 223 Å². The van der Waals surface area contributed by atoms with Crippen LogP contribution in [-0.4, -0.2) is 9.13 Å². The van der Waals surface area contributed by atoms with Gasteiger partial charge >= 0.3 is 0 Å². The van der Waals surface area contributed by atoms with Gasteiger partial charge in [-0.1, -0.05) is 159 Å². The first-order chi connectivity index (χ1) is 29.9. The zero-order valence-corrected chi connectivity index (χ0v) is 35.7. The van der Waals surface area contributed by atoms with Crippen molar-refractivity contribution in [3.63, 3.8) is 0 Å². The van der Waals surface area contributed by atoms with Crippen molar-refractivity contribution < 1.29 is 0 Å². The number of aryl methyl sites for hydroxylation is 2. The summed E-state index contributed by atoms with van der Waals surface area (Å²) in [6.45, 7) is 15.0. The largest absolute Gasteiger partial charge is 0.309 e. The maximum atomic E-state index is 4.40. The van der Waals surface area contributed by atoms with Gasteiger partial charge in [-0.2, -0.15) is 0 Å². The molecule has 10 rings (SSSR count). The standard InChI is InChI=1S/C57H44N2.C2H6/c1-5-53-49(34-39(3)41-17-9-6-10-18-41)50-35-46(43-21-13-8-14-22-43)25-30-57(50)59(53)54-31-27-48(33-40(54)4)58-55-28-24-45(42-19-11-7-12-20-42)36-51(55)52-37-47(26-29-56(52)58)44-23-15-16-38(2)32-44;1-2/h5-37H,1H2,2-4H3;1-2H3/b39-34+;. The van der Waals surface area contributed by atoms with E-state index < -0.39 is 0 Å². The van der Waals surface area contributed by atoms with Crippen molar-refractivity contribution in [2.45, 2.75) is 34.6 Å². The molecule has 0 unspecified atom stereocenters. The second-order valence-corrected chi connectivity index (χ2v) is 15.6. The second-order valence-electron chi connectivity index (χ2n) is 15.6. The molecule has 2 heteroatoms. The summed E-state index contributed by atoms with van der Waals surface area (Å²) in [5.74, 6) is 0. The Bertz CT molecular complexity index is 3230. The van der Waals surface area contributed by atoms with Crippen LogP contribution in [0.1, 0.15) is 48.7 Å². The smallest absolute Gasteiger partial charge is 0.0541 e. The summed E-state index contributed by atoms with van der Waals surface area (Å²) in [5, 5.41) is 3.67. The Balaban J connectivity index is 0.00000235. The summed E-state index contributed by atoms with van der Waals surface area (Å²) < 4.78 is 4.83. The van der Waals surface area contributed by atoms with Crippen molar-refractivity contribution in [1.82, 2.24) is 9.13 Å². The van der Waals surface area contributed by atoms with E-state index in [1.807, 2.05) is 19.9 Å². The molecular formula is C59H50N2. The maximum absolute atomic E-state index is 4.40. The van der Waals surface area contributed by atoms with Gasteiger partial charge in [0.1, 0.15) is 0 Å². The first-order valence-electron chi connectivity index (χ1n) is 21.4. The Morgan fingerprint density at radius 1 is 0.459 bits per heavy atom. The molecule has 296 valence electrons.